The van der Waals surface area contributed by atoms with Crippen LogP contribution in [0, 0.1) is 0 Å². The number of likely N-dealkylation sites (tertiary alicyclic amines) is 1. The van der Waals surface area contributed by atoms with Crippen molar-refractivity contribution in [2.75, 3.05) is 19.6 Å². The maximum absolute atomic E-state index is 5.93. The largest absolute Gasteiger partial charge is 0.372 e. The lowest BCUT2D eigenvalue weighted by Gasteiger charge is -2.21. The lowest BCUT2D eigenvalue weighted by atomic mass is 10.1. The molecule has 2 aromatic carbocycles. The van der Waals surface area contributed by atoms with Crippen LogP contribution in [0.3, 0.4) is 0 Å². The van der Waals surface area contributed by atoms with Crippen molar-refractivity contribution in [2.24, 2.45) is 4.99 Å². The number of halogens is 1. The van der Waals surface area contributed by atoms with E-state index in [0.717, 1.165) is 25.6 Å². The van der Waals surface area contributed by atoms with Crippen LogP contribution in [0.2, 0.25) is 0 Å². The molecule has 0 atom stereocenters. The van der Waals surface area contributed by atoms with Gasteiger partial charge in [0.15, 0.2) is 5.96 Å². The Bertz CT molecular complexity index is 700. The zero-order valence-electron chi connectivity index (χ0n) is 16.1. The first-order valence-corrected chi connectivity index (χ1v) is 9.58. The fourth-order valence-corrected chi connectivity index (χ4v) is 3.22. The Labute approximate surface area is 180 Å². The molecule has 0 spiro atoms. The predicted octanol–water partition coefficient (Wildman–Crippen LogP) is 4.58. The number of rotatable bonds is 7. The highest BCUT2D eigenvalue weighted by Crippen LogP contribution is 2.14. The highest BCUT2D eigenvalue weighted by molar-refractivity contribution is 14.0. The van der Waals surface area contributed by atoms with Crippen molar-refractivity contribution in [3.8, 4) is 0 Å². The zero-order chi connectivity index (χ0) is 18.0. The minimum atomic E-state index is 0. The Morgan fingerprint density at radius 1 is 0.963 bits per heavy atom. The number of hydrogen-bond donors (Lipinski definition) is 1. The lowest BCUT2D eigenvalue weighted by Crippen LogP contribution is -2.39. The summed E-state index contributed by atoms with van der Waals surface area (Å²) in [4.78, 5) is 7.23. The molecule has 146 valence electrons. The summed E-state index contributed by atoms with van der Waals surface area (Å²) in [5.41, 5.74) is 3.64. The van der Waals surface area contributed by atoms with E-state index in [1.807, 2.05) is 18.2 Å². The molecule has 0 saturated carbocycles. The number of guanidine groups is 1. The van der Waals surface area contributed by atoms with E-state index in [1.165, 1.54) is 29.5 Å². The van der Waals surface area contributed by atoms with Crippen LogP contribution in [-0.2, 0) is 24.5 Å². The van der Waals surface area contributed by atoms with Crippen molar-refractivity contribution in [2.45, 2.75) is 39.5 Å². The van der Waals surface area contributed by atoms with Gasteiger partial charge in [-0.05, 0) is 36.5 Å². The van der Waals surface area contributed by atoms with Gasteiger partial charge in [-0.1, -0.05) is 54.6 Å². The second-order valence-corrected chi connectivity index (χ2v) is 6.61. The summed E-state index contributed by atoms with van der Waals surface area (Å²) in [6.07, 6.45) is 2.52. The van der Waals surface area contributed by atoms with Gasteiger partial charge in [-0.2, -0.15) is 0 Å². The molecule has 0 bridgehead atoms. The molecule has 4 nitrogen and oxygen atoms in total. The summed E-state index contributed by atoms with van der Waals surface area (Å²) in [5, 5.41) is 3.42. The summed E-state index contributed by atoms with van der Waals surface area (Å²) in [6, 6.07) is 18.7. The molecule has 0 radical (unpaired) electrons. The molecule has 1 saturated heterocycles. The van der Waals surface area contributed by atoms with Crippen molar-refractivity contribution < 1.29 is 4.74 Å². The standard InChI is InChI=1S/C22H29N3O.HI/c1-2-23-22(25-14-8-9-15-25)24-16-20-12-6-7-13-21(20)18-26-17-19-10-4-3-5-11-19;/h3-7,10-13H,2,8-9,14-18H2,1H3,(H,23,24);1H. The van der Waals surface area contributed by atoms with Gasteiger partial charge in [0.25, 0.3) is 0 Å². The summed E-state index contributed by atoms with van der Waals surface area (Å²) >= 11 is 0. The molecule has 3 rings (SSSR count). The normalized spacial score (nSPS) is 14.1. The smallest absolute Gasteiger partial charge is 0.194 e. The number of nitrogens with one attached hydrogen (secondary N) is 1. The first-order valence-electron chi connectivity index (χ1n) is 9.58. The molecule has 1 fully saturated rings. The molecule has 2 aromatic rings. The Hall–Kier alpha value is -1.60. The molecular weight excluding hydrogens is 449 g/mol. The third kappa shape index (κ3) is 6.81. The monoisotopic (exact) mass is 479 g/mol. The van der Waals surface area contributed by atoms with E-state index < -0.39 is 0 Å². The van der Waals surface area contributed by atoms with E-state index in [0.29, 0.717) is 19.8 Å². The maximum atomic E-state index is 5.93. The summed E-state index contributed by atoms with van der Waals surface area (Å²) in [6.45, 7) is 7.16. The van der Waals surface area contributed by atoms with Crippen LogP contribution in [0.5, 0.6) is 0 Å². The topological polar surface area (TPSA) is 36.9 Å². The van der Waals surface area contributed by atoms with Gasteiger partial charge in [-0.25, -0.2) is 4.99 Å². The van der Waals surface area contributed by atoms with E-state index in [-0.39, 0.29) is 24.0 Å². The van der Waals surface area contributed by atoms with Gasteiger partial charge in [-0.3, -0.25) is 0 Å². The van der Waals surface area contributed by atoms with Crippen LogP contribution in [0.25, 0.3) is 0 Å². The fourth-order valence-electron chi connectivity index (χ4n) is 3.22. The molecule has 0 aromatic heterocycles. The fraction of sp³-hybridized carbons (Fsp3) is 0.409. The first kappa shape index (κ1) is 21.7. The van der Waals surface area contributed by atoms with E-state index in [9.17, 15) is 0 Å². The number of ether oxygens (including phenoxy) is 1. The Morgan fingerprint density at radius 3 is 2.33 bits per heavy atom. The minimum absolute atomic E-state index is 0. The Balaban J connectivity index is 0.00000261. The number of aliphatic imine (C=N–C) groups is 1. The summed E-state index contributed by atoms with van der Waals surface area (Å²) in [7, 11) is 0. The van der Waals surface area contributed by atoms with Crippen LogP contribution in [0.4, 0.5) is 0 Å². The van der Waals surface area contributed by atoms with Gasteiger partial charge >= 0.3 is 0 Å². The van der Waals surface area contributed by atoms with Gasteiger partial charge in [0.1, 0.15) is 0 Å². The van der Waals surface area contributed by atoms with Crippen LogP contribution in [0.1, 0.15) is 36.5 Å². The molecule has 1 heterocycles. The van der Waals surface area contributed by atoms with E-state index >= 15 is 0 Å². The van der Waals surface area contributed by atoms with Crippen molar-refractivity contribution in [1.29, 1.82) is 0 Å². The molecular formula is C22H30IN3O. The number of hydrogen-bond acceptors (Lipinski definition) is 2. The molecule has 27 heavy (non-hydrogen) atoms. The zero-order valence-corrected chi connectivity index (χ0v) is 18.4. The Kier molecular flexibility index (Phi) is 9.62. The Morgan fingerprint density at radius 2 is 1.63 bits per heavy atom. The molecule has 1 aliphatic heterocycles. The molecule has 0 amide bonds. The van der Waals surface area contributed by atoms with Crippen LogP contribution < -0.4 is 5.32 Å². The van der Waals surface area contributed by atoms with E-state index in [2.05, 4.69) is 53.5 Å². The van der Waals surface area contributed by atoms with Gasteiger partial charge in [0.05, 0.1) is 19.8 Å². The summed E-state index contributed by atoms with van der Waals surface area (Å²) in [5.74, 6) is 1.03. The van der Waals surface area contributed by atoms with Crippen LogP contribution in [0.15, 0.2) is 59.6 Å². The van der Waals surface area contributed by atoms with Crippen LogP contribution in [-0.4, -0.2) is 30.5 Å². The summed E-state index contributed by atoms with van der Waals surface area (Å²) < 4.78 is 5.93. The van der Waals surface area contributed by atoms with Crippen LogP contribution >= 0.6 is 24.0 Å². The van der Waals surface area contributed by atoms with E-state index in [4.69, 9.17) is 9.73 Å². The maximum Gasteiger partial charge on any atom is 0.194 e. The third-order valence-electron chi connectivity index (χ3n) is 4.63. The lowest BCUT2D eigenvalue weighted by molar-refractivity contribution is 0.106. The minimum Gasteiger partial charge on any atom is -0.372 e. The van der Waals surface area contributed by atoms with E-state index in [1.54, 1.807) is 0 Å². The second-order valence-electron chi connectivity index (χ2n) is 6.61. The quantitative estimate of drug-likeness (QED) is 0.359. The van der Waals surface area contributed by atoms with Crippen molar-refractivity contribution >= 4 is 29.9 Å². The SMILES string of the molecule is CCNC(=NCc1ccccc1COCc1ccccc1)N1CCCC1.I. The number of nitrogens with zero attached hydrogens (tertiary/aromatic N) is 2. The predicted molar refractivity (Wildman–Crippen MR) is 122 cm³/mol. The average Bonchev–Trinajstić information content (AvgIpc) is 3.21. The molecule has 1 aliphatic rings. The van der Waals surface area contributed by atoms with Crippen molar-refractivity contribution in [1.82, 2.24) is 10.2 Å². The van der Waals surface area contributed by atoms with Crippen molar-refractivity contribution in [3.63, 3.8) is 0 Å². The third-order valence-corrected chi connectivity index (χ3v) is 4.63. The average molecular weight is 479 g/mol. The van der Waals surface area contributed by atoms with Crippen molar-refractivity contribution in [3.05, 3.63) is 71.3 Å². The van der Waals surface area contributed by atoms with Gasteiger partial charge in [0, 0.05) is 19.6 Å². The van der Waals surface area contributed by atoms with Gasteiger partial charge < -0.3 is 15.0 Å². The molecule has 1 N–H and O–H groups in total. The highest BCUT2D eigenvalue weighted by atomic mass is 127. The highest BCUT2D eigenvalue weighted by Gasteiger charge is 2.15. The van der Waals surface area contributed by atoms with Gasteiger partial charge in [-0.15, -0.1) is 24.0 Å². The van der Waals surface area contributed by atoms with Gasteiger partial charge in [0.2, 0.25) is 0 Å². The molecule has 5 heteroatoms. The first-order chi connectivity index (χ1) is 12.9. The number of benzene rings is 2. The molecule has 0 aliphatic carbocycles. The second kappa shape index (κ2) is 12.0. The molecule has 0 unspecified atom stereocenters.